The molecule has 0 spiro atoms. The summed E-state index contributed by atoms with van der Waals surface area (Å²) in [4.78, 5) is 41.0. The van der Waals surface area contributed by atoms with Crippen LogP contribution >= 0.6 is 0 Å². The van der Waals surface area contributed by atoms with Crippen LogP contribution < -0.4 is 10.6 Å². The first-order chi connectivity index (χ1) is 14.7. The van der Waals surface area contributed by atoms with Crippen molar-refractivity contribution in [1.82, 2.24) is 25.2 Å². The molecule has 1 fully saturated rings. The summed E-state index contributed by atoms with van der Waals surface area (Å²) in [6.45, 7) is 7.20. The molecule has 0 aliphatic heterocycles. The molecule has 9 nitrogen and oxygen atoms in total. The van der Waals surface area contributed by atoms with E-state index in [9.17, 15) is 14.4 Å². The van der Waals surface area contributed by atoms with E-state index in [0.717, 1.165) is 54.0 Å². The van der Waals surface area contributed by atoms with Gasteiger partial charge in [0.05, 0.1) is 5.69 Å². The van der Waals surface area contributed by atoms with Gasteiger partial charge in [0.15, 0.2) is 11.8 Å². The first-order valence-corrected chi connectivity index (χ1v) is 10.9. The van der Waals surface area contributed by atoms with Crippen molar-refractivity contribution in [2.24, 2.45) is 0 Å². The van der Waals surface area contributed by atoms with Crippen LogP contribution in [0.25, 0.3) is 5.65 Å². The van der Waals surface area contributed by atoms with Gasteiger partial charge < -0.3 is 10.1 Å². The third-order valence-electron chi connectivity index (χ3n) is 5.72. The van der Waals surface area contributed by atoms with Gasteiger partial charge in [0.25, 0.3) is 5.91 Å². The fourth-order valence-corrected chi connectivity index (χ4v) is 4.02. The van der Waals surface area contributed by atoms with Gasteiger partial charge in [0.1, 0.15) is 0 Å². The van der Waals surface area contributed by atoms with Crippen molar-refractivity contribution in [3.05, 3.63) is 28.7 Å². The van der Waals surface area contributed by atoms with E-state index in [1.165, 1.54) is 13.3 Å². The van der Waals surface area contributed by atoms with Gasteiger partial charge in [-0.25, -0.2) is 14.3 Å². The maximum absolute atomic E-state index is 12.3. The fourth-order valence-electron chi connectivity index (χ4n) is 4.02. The van der Waals surface area contributed by atoms with Crippen LogP contribution in [0, 0.1) is 20.8 Å². The predicted octanol–water partition coefficient (Wildman–Crippen LogP) is 2.68. The molecule has 0 saturated heterocycles. The molecule has 3 amide bonds. The van der Waals surface area contributed by atoms with E-state index in [1.54, 1.807) is 4.52 Å². The summed E-state index contributed by atoms with van der Waals surface area (Å²) < 4.78 is 6.99. The Bertz CT molecular complexity index is 978. The molecule has 2 aromatic heterocycles. The van der Waals surface area contributed by atoms with Crippen LogP contribution in [0.2, 0.25) is 0 Å². The van der Waals surface area contributed by atoms with E-state index in [2.05, 4.69) is 20.7 Å². The number of amides is 3. The summed E-state index contributed by atoms with van der Waals surface area (Å²) in [5.41, 5.74) is 4.34. The first kappa shape index (κ1) is 22.7. The second-order valence-corrected chi connectivity index (χ2v) is 8.25. The summed E-state index contributed by atoms with van der Waals surface area (Å²) >= 11 is 0. The third-order valence-corrected chi connectivity index (χ3v) is 5.72. The Morgan fingerprint density at radius 1 is 1.19 bits per heavy atom. The van der Waals surface area contributed by atoms with Crippen molar-refractivity contribution in [3.8, 4) is 0 Å². The van der Waals surface area contributed by atoms with Gasteiger partial charge >= 0.3 is 12.0 Å². The number of hydrogen-bond donors (Lipinski definition) is 2. The number of ether oxygens (including phenoxy) is 1. The number of hydrogen-bond acceptors (Lipinski definition) is 6. The van der Waals surface area contributed by atoms with Crippen LogP contribution in [0.15, 0.2) is 6.07 Å². The number of carbonyl (C=O) groups excluding carboxylic acids is 3. The Balaban J connectivity index is 1.49. The number of nitrogens with zero attached hydrogens (tertiary/aromatic N) is 3. The van der Waals surface area contributed by atoms with Crippen molar-refractivity contribution in [3.63, 3.8) is 0 Å². The molecule has 1 aliphatic carbocycles. The minimum atomic E-state index is -1.05. The SMILES string of the molecule is Cc1cc2nc(C)c(CCC(=O)O[C@@H](C)C(=O)NC(=O)NC3CCCCC3)c(C)n2n1. The minimum absolute atomic E-state index is 0.0930. The quantitative estimate of drug-likeness (QED) is 0.683. The van der Waals surface area contributed by atoms with Gasteiger partial charge in [-0.05, 0) is 52.5 Å². The van der Waals surface area contributed by atoms with Gasteiger partial charge in [0, 0.05) is 29.9 Å². The molecule has 168 valence electrons. The maximum Gasteiger partial charge on any atom is 0.321 e. The molecule has 2 N–H and O–H groups in total. The van der Waals surface area contributed by atoms with E-state index < -0.39 is 24.0 Å². The molecule has 0 radical (unpaired) electrons. The zero-order valence-electron chi connectivity index (χ0n) is 18.7. The van der Waals surface area contributed by atoms with E-state index in [1.807, 2.05) is 26.8 Å². The molecule has 31 heavy (non-hydrogen) atoms. The van der Waals surface area contributed by atoms with Crippen molar-refractivity contribution < 1.29 is 19.1 Å². The minimum Gasteiger partial charge on any atom is -0.453 e. The van der Waals surface area contributed by atoms with Crippen molar-refractivity contribution in [2.75, 3.05) is 0 Å². The summed E-state index contributed by atoms with van der Waals surface area (Å²) in [7, 11) is 0. The molecule has 0 aromatic carbocycles. The van der Waals surface area contributed by atoms with Gasteiger partial charge in [0.2, 0.25) is 0 Å². The second-order valence-electron chi connectivity index (χ2n) is 8.25. The van der Waals surface area contributed by atoms with Crippen LogP contribution in [-0.4, -0.2) is 44.7 Å². The Kier molecular flexibility index (Phi) is 7.25. The Morgan fingerprint density at radius 2 is 1.90 bits per heavy atom. The molecule has 0 bridgehead atoms. The molecule has 2 aromatic rings. The van der Waals surface area contributed by atoms with E-state index in [4.69, 9.17) is 4.74 Å². The summed E-state index contributed by atoms with van der Waals surface area (Å²) in [5, 5.41) is 9.50. The number of fused-ring (bicyclic) bond motifs is 1. The van der Waals surface area contributed by atoms with Crippen molar-refractivity contribution in [1.29, 1.82) is 0 Å². The number of carbonyl (C=O) groups is 3. The normalized spacial score (nSPS) is 15.5. The molecular formula is C22H31N5O4. The van der Waals surface area contributed by atoms with E-state index >= 15 is 0 Å². The number of imide groups is 1. The largest absolute Gasteiger partial charge is 0.453 e. The number of aryl methyl sites for hydroxylation is 3. The van der Waals surface area contributed by atoms with Crippen molar-refractivity contribution in [2.45, 2.75) is 84.8 Å². The van der Waals surface area contributed by atoms with Gasteiger partial charge in [-0.1, -0.05) is 19.3 Å². The lowest BCUT2D eigenvalue weighted by atomic mass is 9.96. The highest BCUT2D eigenvalue weighted by Crippen LogP contribution is 2.18. The topological polar surface area (TPSA) is 115 Å². The van der Waals surface area contributed by atoms with Crippen LogP contribution in [0.1, 0.15) is 68.1 Å². The Labute approximate surface area is 181 Å². The zero-order chi connectivity index (χ0) is 22.5. The van der Waals surface area contributed by atoms with Crippen LogP contribution in [-0.2, 0) is 20.7 Å². The first-order valence-electron chi connectivity index (χ1n) is 10.9. The zero-order valence-corrected chi connectivity index (χ0v) is 18.7. The standard InChI is InChI=1S/C22H31N5O4/c1-13-12-19-23-14(2)18(15(3)27(19)26-13)10-11-20(28)31-16(4)21(29)25-22(30)24-17-8-6-5-7-9-17/h12,16-17H,5-11H2,1-4H3,(H2,24,25,29,30)/t16-/m0/s1. The monoisotopic (exact) mass is 429 g/mol. The fraction of sp³-hybridized carbons (Fsp3) is 0.591. The average molecular weight is 430 g/mol. The highest BCUT2D eigenvalue weighted by molar-refractivity contribution is 5.97. The number of rotatable bonds is 6. The lowest BCUT2D eigenvalue weighted by molar-refractivity contribution is -0.154. The smallest absolute Gasteiger partial charge is 0.321 e. The Hall–Kier alpha value is -2.97. The molecule has 1 aliphatic rings. The summed E-state index contributed by atoms with van der Waals surface area (Å²) in [6.07, 6.45) is 4.64. The molecular weight excluding hydrogens is 398 g/mol. The third kappa shape index (κ3) is 5.80. The van der Waals surface area contributed by atoms with Gasteiger partial charge in [-0.2, -0.15) is 5.10 Å². The lowest BCUT2D eigenvalue weighted by Crippen LogP contribution is -2.48. The molecule has 3 rings (SSSR count). The van der Waals surface area contributed by atoms with E-state index in [-0.39, 0.29) is 12.5 Å². The molecule has 1 atom stereocenters. The average Bonchev–Trinajstić information content (AvgIpc) is 3.08. The number of urea groups is 1. The van der Waals surface area contributed by atoms with Crippen LogP contribution in [0.4, 0.5) is 4.79 Å². The highest BCUT2D eigenvalue weighted by Gasteiger charge is 2.22. The lowest BCUT2D eigenvalue weighted by Gasteiger charge is -2.23. The molecule has 1 saturated carbocycles. The molecule has 9 heteroatoms. The van der Waals surface area contributed by atoms with Crippen LogP contribution in [0.5, 0.6) is 0 Å². The van der Waals surface area contributed by atoms with Crippen molar-refractivity contribution >= 4 is 23.6 Å². The second kappa shape index (κ2) is 9.89. The molecule has 0 unspecified atom stereocenters. The number of nitrogens with one attached hydrogen (secondary N) is 2. The summed E-state index contributed by atoms with van der Waals surface area (Å²) in [5.74, 6) is -1.14. The Morgan fingerprint density at radius 3 is 2.61 bits per heavy atom. The summed E-state index contributed by atoms with van der Waals surface area (Å²) in [6, 6.07) is 1.46. The van der Waals surface area contributed by atoms with Gasteiger partial charge in [-0.15, -0.1) is 0 Å². The van der Waals surface area contributed by atoms with Gasteiger partial charge in [-0.3, -0.25) is 14.9 Å². The number of esters is 1. The van der Waals surface area contributed by atoms with Crippen LogP contribution in [0.3, 0.4) is 0 Å². The number of aromatic nitrogens is 3. The highest BCUT2D eigenvalue weighted by atomic mass is 16.5. The maximum atomic E-state index is 12.3. The predicted molar refractivity (Wildman–Crippen MR) is 115 cm³/mol. The molecule has 2 heterocycles. The van der Waals surface area contributed by atoms with E-state index in [0.29, 0.717) is 6.42 Å².